The summed E-state index contributed by atoms with van der Waals surface area (Å²) in [5.74, 6) is 1.03. The Morgan fingerprint density at radius 3 is 2.94 bits per heavy atom. The zero-order valence-corrected chi connectivity index (χ0v) is 10.4. The summed E-state index contributed by atoms with van der Waals surface area (Å²) in [5, 5.41) is 10.2. The molecular formula is C14H21NO2. The molecule has 1 heterocycles. The molecule has 2 unspecified atom stereocenters. The van der Waals surface area contributed by atoms with Crippen LogP contribution >= 0.6 is 0 Å². The minimum Gasteiger partial charge on any atom is -0.492 e. The maximum absolute atomic E-state index is 10.2. The van der Waals surface area contributed by atoms with Crippen molar-refractivity contribution < 1.29 is 9.84 Å². The largest absolute Gasteiger partial charge is 0.492 e. The van der Waals surface area contributed by atoms with Crippen LogP contribution in [0.1, 0.15) is 50.5 Å². The van der Waals surface area contributed by atoms with Crippen LogP contribution in [0, 0.1) is 0 Å². The van der Waals surface area contributed by atoms with Gasteiger partial charge >= 0.3 is 0 Å². The molecule has 0 bridgehead atoms. The minimum atomic E-state index is -0.226. The third-order valence-electron chi connectivity index (χ3n) is 3.45. The van der Waals surface area contributed by atoms with Crippen molar-refractivity contribution in [2.75, 3.05) is 6.61 Å². The second-order valence-corrected chi connectivity index (χ2v) is 4.70. The van der Waals surface area contributed by atoms with E-state index >= 15 is 0 Å². The predicted octanol–water partition coefficient (Wildman–Crippen LogP) is 2.89. The van der Waals surface area contributed by atoms with Gasteiger partial charge in [0.05, 0.1) is 18.9 Å². The number of nitrogens with zero attached hydrogens (tertiary/aromatic N) is 1. The van der Waals surface area contributed by atoms with Crippen molar-refractivity contribution in [1.29, 1.82) is 0 Å². The van der Waals surface area contributed by atoms with E-state index in [4.69, 9.17) is 4.74 Å². The Balaban J connectivity index is 2.16. The molecule has 2 rings (SSSR count). The van der Waals surface area contributed by atoms with E-state index in [1.54, 1.807) is 6.20 Å². The lowest BCUT2D eigenvalue weighted by molar-refractivity contribution is 0.135. The summed E-state index contributed by atoms with van der Waals surface area (Å²) in [6, 6.07) is 2.02. The molecule has 1 N–H and O–H groups in total. The van der Waals surface area contributed by atoms with Crippen molar-refractivity contribution in [3.05, 3.63) is 24.0 Å². The number of pyridine rings is 1. The van der Waals surface area contributed by atoms with Gasteiger partial charge in [0.25, 0.3) is 0 Å². The summed E-state index contributed by atoms with van der Waals surface area (Å²) in [5.41, 5.74) is 1.12. The fourth-order valence-corrected chi connectivity index (χ4v) is 2.56. The van der Waals surface area contributed by atoms with E-state index in [2.05, 4.69) is 4.98 Å². The molecule has 3 nitrogen and oxygen atoms in total. The monoisotopic (exact) mass is 235 g/mol. The Kier molecular flexibility index (Phi) is 4.37. The zero-order chi connectivity index (χ0) is 12.1. The summed E-state index contributed by atoms with van der Waals surface area (Å²) in [7, 11) is 0. The van der Waals surface area contributed by atoms with E-state index < -0.39 is 0 Å². The Morgan fingerprint density at radius 1 is 1.29 bits per heavy atom. The van der Waals surface area contributed by atoms with E-state index in [9.17, 15) is 5.11 Å². The Hall–Kier alpha value is -1.09. The van der Waals surface area contributed by atoms with Gasteiger partial charge in [0.2, 0.25) is 0 Å². The van der Waals surface area contributed by atoms with Crippen molar-refractivity contribution in [2.45, 2.75) is 51.0 Å². The van der Waals surface area contributed by atoms with Gasteiger partial charge in [0, 0.05) is 12.1 Å². The van der Waals surface area contributed by atoms with E-state index in [1.807, 2.05) is 19.2 Å². The van der Waals surface area contributed by atoms with E-state index in [1.165, 1.54) is 12.8 Å². The molecule has 1 saturated carbocycles. The number of ether oxygens (including phenoxy) is 1. The maximum atomic E-state index is 10.2. The van der Waals surface area contributed by atoms with Gasteiger partial charge in [-0.25, -0.2) is 0 Å². The van der Waals surface area contributed by atoms with Crippen molar-refractivity contribution in [2.24, 2.45) is 0 Å². The van der Waals surface area contributed by atoms with Gasteiger partial charge in [-0.15, -0.1) is 0 Å². The first kappa shape index (κ1) is 12.4. The molecule has 1 aromatic heterocycles. The van der Waals surface area contributed by atoms with Crippen LogP contribution in [0.4, 0.5) is 0 Å². The fraction of sp³-hybridized carbons (Fsp3) is 0.643. The molecule has 1 fully saturated rings. The second kappa shape index (κ2) is 6.01. The van der Waals surface area contributed by atoms with Gasteiger partial charge in [-0.2, -0.15) is 0 Å². The molecule has 94 valence electrons. The standard InChI is InChI=1S/C14H21NO2/c1-2-17-12-8-11(9-15-10-12)13-6-4-3-5-7-14(13)16/h8-10,13-14,16H,2-7H2,1H3. The van der Waals surface area contributed by atoms with Gasteiger partial charge < -0.3 is 9.84 Å². The summed E-state index contributed by atoms with van der Waals surface area (Å²) >= 11 is 0. The van der Waals surface area contributed by atoms with Gasteiger partial charge in [0.15, 0.2) is 0 Å². The normalized spacial score (nSPS) is 25.3. The minimum absolute atomic E-state index is 0.226. The molecule has 0 aromatic carbocycles. The van der Waals surface area contributed by atoms with Crippen LogP contribution in [0.15, 0.2) is 18.5 Å². The van der Waals surface area contributed by atoms with E-state index in [-0.39, 0.29) is 12.0 Å². The Morgan fingerprint density at radius 2 is 2.12 bits per heavy atom. The number of aliphatic hydroxyl groups is 1. The van der Waals surface area contributed by atoms with Crippen LogP contribution in [0.5, 0.6) is 5.75 Å². The van der Waals surface area contributed by atoms with Crippen LogP contribution < -0.4 is 4.74 Å². The molecule has 0 aliphatic heterocycles. The highest BCUT2D eigenvalue weighted by Crippen LogP contribution is 2.32. The Bertz CT molecular complexity index is 354. The van der Waals surface area contributed by atoms with E-state index in [0.29, 0.717) is 6.61 Å². The van der Waals surface area contributed by atoms with E-state index in [0.717, 1.165) is 30.6 Å². The Labute approximate surface area is 103 Å². The SMILES string of the molecule is CCOc1cncc(C2CCCCCC2O)c1. The summed E-state index contributed by atoms with van der Waals surface area (Å²) in [6.07, 6.45) is 8.89. The molecule has 1 aromatic rings. The zero-order valence-electron chi connectivity index (χ0n) is 10.4. The molecule has 0 saturated heterocycles. The summed E-state index contributed by atoms with van der Waals surface area (Å²) in [6.45, 7) is 2.62. The van der Waals surface area contributed by atoms with Crippen molar-refractivity contribution in [3.8, 4) is 5.75 Å². The van der Waals surface area contributed by atoms with Gasteiger partial charge in [-0.1, -0.05) is 19.3 Å². The lowest BCUT2D eigenvalue weighted by Gasteiger charge is -2.20. The highest BCUT2D eigenvalue weighted by Gasteiger charge is 2.23. The number of hydrogen-bond donors (Lipinski definition) is 1. The first-order valence-electron chi connectivity index (χ1n) is 6.57. The average Bonchev–Trinajstić information content (AvgIpc) is 2.55. The lowest BCUT2D eigenvalue weighted by atomic mass is 9.90. The van der Waals surface area contributed by atoms with Gasteiger partial charge in [0.1, 0.15) is 5.75 Å². The molecule has 3 heteroatoms. The molecule has 0 spiro atoms. The highest BCUT2D eigenvalue weighted by molar-refractivity contribution is 5.27. The molecule has 17 heavy (non-hydrogen) atoms. The van der Waals surface area contributed by atoms with Crippen LogP contribution in [0.2, 0.25) is 0 Å². The second-order valence-electron chi connectivity index (χ2n) is 4.70. The van der Waals surface area contributed by atoms with Crippen molar-refractivity contribution >= 4 is 0 Å². The number of hydrogen-bond acceptors (Lipinski definition) is 3. The van der Waals surface area contributed by atoms with Crippen LogP contribution in [-0.4, -0.2) is 22.8 Å². The smallest absolute Gasteiger partial charge is 0.137 e. The third-order valence-corrected chi connectivity index (χ3v) is 3.45. The highest BCUT2D eigenvalue weighted by atomic mass is 16.5. The summed E-state index contributed by atoms with van der Waals surface area (Å²) in [4.78, 5) is 4.21. The van der Waals surface area contributed by atoms with Gasteiger partial charge in [-0.05, 0) is 31.4 Å². The fourth-order valence-electron chi connectivity index (χ4n) is 2.56. The van der Waals surface area contributed by atoms with Crippen LogP contribution in [0.25, 0.3) is 0 Å². The predicted molar refractivity (Wildman–Crippen MR) is 67.2 cm³/mol. The molecule has 0 amide bonds. The number of aliphatic hydroxyl groups excluding tert-OH is 1. The average molecular weight is 235 g/mol. The summed E-state index contributed by atoms with van der Waals surface area (Å²) < 4.78 is 5.46. The number of rotatable bonds is 3. The quantitative estimate of drug-likeness (QED) is 0.819. The van der Waals surface area contributed by atoms with Gasteiger partial charge in [-0.3, -0.25) is 4.98 Å². The first-order chi connectivity index (χ1) is 8.31. The molecular weight excluding hydrogens is 214 g/mol. The molecule has 1 aliphatic carbocycles. The molecule has 0 radical (unpaired) electrons. The van der Waals surface area contributed by atoms with Crippen molar-refractivity contribution in [3.63, 3.8) is 0 Å². The molecule has 2 atom stereocenters. The van der Waals surface area contributed by atoms with Crippen LogP contribution in [0.3, 0.4) is 0 Å². The topological polar surface area (TPSA) is 42.4 Å². The van der Waals surface area contributed by atoms with Crippen LogP contribution in [-0.2, 0) is 0 Å². The number of aromatic nitrogens is 1. The maximum Gasteiger partial charge on any atom is 0.137 e. The lowest BCUT2D eigenvalue weighted by Crippen LogP contribution is -2.17. The molecule has 1 aliphatic rings. The third kappa shape index (κ3) is 3.19. The van der Waals surface area contributed by atoms with Crippen molar-refractivity contribution in [1.82, 2.24) is 4.98 Å². The first-order valence-corrected chi connectivity index (χ1v) is 6.57.